The molecule has 0 spiro atoms. The molecule has 0 aliphatic rings. The molecular weight excluding hydrogens is 396 g/mol. The molecule has 0 aliphatic carbocycles. The van der Waals surface area contributed by atoms with Gasteiger partial charge in [-0.3, -0.25) is 9.69 Å². The molecule has 152 valence electrons. The van der Waals surface area contributed by atoms with E-state index in [4.69, 9.17) is 0 Å². The number of thiazole rings is 1. The maximum Gasteiger partial charge on any atom is 0.387 e. The van der Waals surface area contributed by atoms with Crippen molar-refractivity contribution in [2.24, 2.45) is 0 Å². The molecule has 1 heterocycles. The molecule has 0 aliphatic heterocycles. The Hall–Kier alpha value is -2.84. The molecule has 29 heavy (non-hydrogen) atoms. The molecule has 1 N–H and O–H groups in total. The Kier molecular flexibility index (Phi) is 6.90. The summed E-state index contributed by atoms with van der Waals surface area (Å²) in [6, 6.07) is 16.1. The van der Waals surface area contributed by atoms with Crippen LogP contribution in [0.15, 0.2) is 60.0 Å². The Balaban J connectivity index is 1.64. The molecule has 1 aromatic heterocycles. The minimum Gasteiger partial charge on any atom is -0.435 e. The van der Waals surface area contributed by atoms with E-state index in [-0.39, 0.29) is 11.7 Å². The van der Waals surface area contributed by atoms with Gasteiger partial charge in [0.25, 0.3) is 0 Å². The zero-order valence-corrected chi connectivity index (χ0v) is 17.0. The molecule has 8 heteroatoms. The second-order valence-electron chi connectivity index (χ2n) is 6.64. The molecule has 1 unspecified atom stereocenters. The molecule has 0 fully saturated rings. The van der Waals surface area contributed by atoms with Gasteiger partial charge >= 0.3 is 6.61 Å². The first-order valence-electron chi connectivity index (χ1n) is 9.07. The van der Waals surface area contributed by atoms with Crippen LogP contribution in [0.3, 0.4) is 0 Å². The van der Waals surface area contributed by atoms with Crippen molar-refractivity contribution in [2.75, 3.05) is 11.9 Å². The molecule has 0 saturated heterocycles. The quantitative estimate of drug-likeness (QED) is 0.608. The normalized spacial score (nSPS) is 12.0. The topological polar surface area (TPSA) is 46.9 Å². The second kappa shape index (κ2) is 9.58. The third-order valence-corrected chi connectivity index (χ3v) is 5.07. The number of quaternary nitrogens is 1. The summed E-state index contributed by atoms with van der Waals surface area (Å²) >= 11 is 1.43. The Morgan fingerprint density at radius 3 is 2.45 bits per heavy atom. The molecule has 3 aromatic rings. The lowest BCUT2D eigenvalue weighted by Gasteiger charge is -2.17. The van der Waals surface area contributed by atoms with E-state index in [1.807, 2.05) is 42.8 Å². The molecule has 1 amide bonds. The number of ether oxygens (including phenoxy) is 1. The maximum absolute atomic E-state index is 12.2. The fraction of sp³-hybridized carbons (Fsp3) is 0.238. The summed E-state index contributed by atoms with van der Waals surface area (Å²) in [5.74, 6) is 0.0553. The van der Waals surface area contributed by atoms with E-state index < -0.39 is 6.61 Å². The van der Waals surface area contributed by atoms with Crippen molar-refractivity contribution in [1.29, 1.82) is 0 Å². The van der Waals surface area contributed by atoms with Gasteiger partial charge in [-0.1, -0.05) is 18.2 Å². The lowest BCUT2D eigenvalue weighted by atomic mass is 10.2. The zero-order valence-electron chi connectivity index (χ0n) is 16.1. The number of aromatic nitrogens is 1. The van der Waals surface area contributed by atoms with Crippen molar-refractivity contribution >= 4 is 28.1 Å². The van der Waals surface area contributed by atoms with E-state index in [2.05, 4.69) is 9.72 Å². The average molecular weight is 418 g/mol. The highest BCUT2D eigenvalue weighted by Gasteiger charge is 2.18. The molecular formula is C21H22F2N3O2S+. The van der Waals surface area contributed by atoms with E-state index in [9.17, 15) is 13.6 Å². The van der Waals surface area contributed by atoms with Gasteiger partial charge in [-0.05, 0) is 36.4 Å². The van der Waals surface area contributed by atoms with Gasteiger partial charge in [0, 0.05) is 17.9 Å². The van der Waals surface area contributed by atoms with Crippen molar-refractivity contribution in [2.45, 2.75) is 26.6 Å². The number of halogens is 2. The number of hydrogen-bond acceptors (Lipinski definition) is 4. The Labute approximate surface area is 172 Å². The van der Waals surface area contributed by atoms with Crippen LogP contribution in [-0.2, 0) is 17.9 Å². The molecule has 0 radical (unpaired) electrons. The molecule has 3 rings (SSSR count). The van der Waals surface area contributed by atoms with Crippen LogP contribution >= 0.6 is 11.3 Å². The van der Waals surface area contributed by atoms with Crippen LogP contribution in [0, 0.1) is 0 Å². The van der Waals surface area contributed by atoms with E-state index in [1.165, 1.54) is 23.2 Å². The van der Waals surface area contributed by atoms with Crippen LogP contribution in [0.4, 0.5) is 19.6 Å². The number of carbonyl (C=O) groups excluding carboxylic acids is 1. The third-order valence-electron chi connectivity index (χ3n) is 4.20. The standard InChI is InChI=1S/C21H21F2N3O2S/c1-15(27)26(18-6-4-3-5-7-18)21-24-17(14-29-21)13-25(2)12-16-8-10-19(11-9-16)28-20(22)23/h3-11,14,20H,12-13H2,1-2H3/p+1. The van der Waals surface area contributed by atoms with Crippen molar-refractivity contribution in [3.63, 3.8) is 0 Å². The molecule has 0 bridgehead atoms. The number of amides is 1. The van der Waals surface area contributed by atoms with Gasteiger partial charge in [0.15, 0.2) is 5.13 Å². The van der Waals surface area contributed by atoms with Gasteiger partial charge in [-0.15, -0.1) is 11.3 Å². The van der Waals surface area contributed by atoms with Crippen LogP contribution in [0.5, 0.6) is 5.75 Å². The van der Waals surface area contributed by atoms with E-state index in [0.29, 0.717) is 18.2 Å². The molecule has 0 saturated carbocycles. The number of nitrogens with one attached hydrogen (secondary N) is 1. The number of nitrogens with zero attached hydrogens (tertiary/aromatic N) is 2. The smallest absolute Gasteiger partial charge is 0.387 e. The largest absolute Gasteiger partial charge is 0.435 e. The summed E-state index contributed by atoms with van der Waals surface area (Å²) in [6.07, 6.45) is 0. The number of alkyl halides is 2. The van der Waals surface area contributed by atoms with Crippen molar-refractivity contribution in [1.82, 2.24) is 4.98 Å². The van der Waals surface area contributed by atoms with Gasteiger partial charge in [0.1, 0.15) is 24.5 Å². The van der Waals surface area contributed by atoms with Crippen LogP contribution < -0.4 is 14.5 Å². The summed E-state index contributed by atoms with van der Waals surface area (Å²) in [4.78, 5) is 19.6. The summed E-state index contributed by atoms with van der Waals surface area (Å²) in [6.45, 7) is 0.0781. The fourth-order valence-electron chi connectivity index (χ4n) is 2.99. The number of para-hydroxylation sites is 1. The van der Waals surface area contributed by atoms with Gasteiger partial charge in [0.05, 0.1) is 12.7 Å². The van der Waals surface area contributed by atoms with E-state index >= 15 is 0 Å². The first-order chi connectivity index (χ1) is 13.9. The SMILES string of the molecule is CC(=O)N(c1ccccc1)c1nc(C[NH+](C)Cc2ccc(OC(F)F)cc2)cs1. The molecule has 5 nitrogen and oxygen atoms in total. The number of rotatable bonds is 8. The second-order valence-corrected chi connectivity index (χ2v) is 7.48. The first kappa shape index (κ1) is 20.9. The lowest BCUT2D eigenvalue weighted by molar-refractivity contribution is -0.908. The zero-order chi connectivity index (χ0) is 20.8. The average Bonchev–Trinajstić information content (AvgIpc) is 3.11. The predicted molar refractivity (Wildman–Crippen MR) is 109 cm³/mol. The number of carbonyl (C=O) groups is 1. The van der Waals surface area contributed by atoms with Gasteiger partial charge in [0.2, 0.25) is 5.91 Å². The summed E-state index contributed by atoms with van der Waals surface area (Å²) in [7, 11) is 2.03. The highest BCUT2D eigenvalue weighted by molar-refractivity contribution is 7.14. The lowest BCUT2D eigenvalue weighted by Crippen LogP contribution is -3.06. The van der Waals surface area contributed by atoms with Crippen LogP contribution in [-0.4, -0.2) is 24.6 Å². The van der Waals surface area contributed by atoms with Crippen LogP contribution in [0.25, 0.3) is 0 Å². The fourth-order valence-corrected chi connectivity index (χ4v) is 3.88. The van der Waals surface area contributed by atoms with Crippen molar-refractivity contribution < 1.29 is 23.2 Å². The minimum absolute atomic E-state index is 0.0936. The van der Waals surface area contributed by atoms with Crippen LogP contribution in [0.2, 0.25) is 0 Å². The van der Waals surface area contributed by atoms with Gasteiger partial charge < -0.3 is 9.64 Å². The Morgan fingerprint density at radius 2 is 1.83 bits per heavy atom. The Bertz CT molecular complexity index is 933. The number of hydrogen-bond donors (Lipinski definition) is 1. The minimum atomic E-state index is -2.82. The molecule has 2 aromatic carbocycles. The van der Waals surface area contributed by atoms with Crippen molar-refractivity contribution in [3.8, 4) is 5.75 Å². The van der Waals surface area contributed by atoms with Crippen LogP contribution in [0.1, 0.15) is 18.2 Å². The maximum atomic E-state index is 12.2. The summed E-state index contributed by atoms with van der Waals surface area (Å²) < 4.78 is 28.8. The highest BCUT2D eigenvalue weighted by Crippen LogP contribution is 2.28. The van der Waals surface area contributed by atoms with E-state index in [1.54, 1.807) is 29.2 Å². The predicted octanol–water partition coefficient (Wildman–Crippen LogP) is 3.64. The van der Waals surface area contributed by atoms with Gasteiger partial charge in [-0.2, -0.15) is 8.78 Å². The van der Waals surface area contributed by atoms with Crippen molar-refractivity contribution in [3.05, 3.63) is 71.2 Å². The number of benzene rings is 2. The monoisotopic (exact) mass is 418 g/mol. The molecule has 1 atom stereocenters. The summed E-state index contributed by atoms with van der Waals surface area (Å²) in [5, 5.41) is 2.59. The first-order valence-corrected chi connectivity index (χ1v) is 9.95. The van der Waals surface area contributed by atoms with Gasteiger partial charge in [-0.25, -0.2) is 4.98 Å². The number of anilines is 2. The highest BCUT2D eigenvalue weighted by atomic mass is 32.1. The summed E-state index contributed by atoms with van der Waals surface area (Å²) in [5.41, 5.74) is 2.68. The third kappa shape index (κ3) is 5.82. The van der Waals surface area contributed by atoms with E-state index in [0.717, 1.165) is 16.9 Å². The Morgan fingerprint density at radius 1 is 1.14 bits per heavy atom.